The lowest BCUT2D eigenvalue weighted by atomic mass is 10.1. The van der Waals surface area contributed by atoms with Gasteiger partial charge >= 0.3 is 0 Å². The highest BCUT2D eigenvalue weighted by Crippen LogP contribution is 2.24. The van der Waals surface area contributed by atoms with Gasteiger partial charge in [0.25, 0.3) is 5.91 Å². The van der Waals surface area contributed by atoms with E-state index in [1.165, 1.54) is 5.56 Å². The van der Waals surface area contributed by atoms with Crippen molar-refractivity contribution in [1.29, 1.82) is 0 Å². The van der Waals surface area contributed by atoms with E-state index in [-0.39, 0.29) is 5.91 Å². The van der Waals surface area contributed by atoms with Gasteiger partial charge in [-0.25, -0.2) is 0 Å². The van der Waals surface area contributed by atoms with Crippen molar-refractivity contribution in [2.45, 2.75) is 13.5 Å². The molecule has 0 saturated carbocycles. The third-order valence-electron chi connectivity index (χ3n) is 3.92. The predicted molar refractivity (Wildman–Crippen MR) is 104 cm³/mol. The highest BCUT2D eigenvalue weighted by molar-refractivity contribution is 6.06. The second-order valence-electron chi connectivity index (χ2n) is 5.96. The minimum atomic E-state index is -0.159. The summed E-state index contributed by atoms with van der Waals surface area (Å²) in [7, 11) is 0. The van der Waals surface area contributed by atoms with Crippen molar-refractivity contribution in [2.75, 3.05) is 16.4 Å². The first-order valence-electron chi connectivity index (χ1n) is 8.17. The topological polar surface area (TPSA) is 67.1 Å². The fraction of sp³-hybridized carbons (Fsp3) is 0.0952. The number of nitrogens with two attached hydrogens (primary N) is 1. The van der Waals surface area contributed by atoms with Crippen molar-refractivity contribution in [2.24, 2.45) is 0 Å². The average molecular weight is 331 g/mol. The van der Waals surface area contributed by atoms with Gasteiger partial charge in [-0.2, -0.15) is 0 Å². The van der Waals surface area contributed by atoms with Gasteiger partial charge in [-0.15, -0.1) is 0 Å². The van der Waals surface area contributed by atoms with E-state index in [0.717, 1.165) is 16.9 Å². The summed E-state index contributed by atoms with van der Waals surface area (Å²) in [6.45, 7) is 2.69. The van der Waals surface area contributed by atoms with Crippen LogP contribution in [0.2, 0.25) is 0 Å². The summed E-state index contributed by atoms with van der Waals surface area (Å²) in [6.07, 6.45) is 0. The first-order valence-corrected chi connectivity index (χ1v) is 8.17. The molecule has 1 amide bonds. The van der Waals surface area contributed by atoms with Crippen LogP contribution < -0.4 is 16.4 Å². The smallest absolute Gasteiger partial charge is 0.255 e. The maximum atomic E-state index is 12.5. The van der Waals surface area contributed by atoms with E-state index >= 15 is 0 Å². The van der Waals surface area contributed by atoms with Gasteiger partial charge in [0.15, 0.2) is 0 Å². The second kappa shape index (κ2) is 7.53. The Hall–Kier alpha value is -3.27. The van der Waals surface area contributed by atoms with Crippen molar-refractivity contribution in [3.63, 3.8) is 0 Å². The van der Waals surface area contributed by atoms with Gasteiger partial charge in [-0.1, -0.05) is 36.4 Å². The summed E-state index contributed by atoms with van der Waals surface area (Å²) in [5, 5.41) is 6.37. The Kier molecular flexibility index (Phi) is 5.00. The molecule has 0 radical (unpaired) electrons. The van der Waals surface area contributed by atoms with Crippen molar-refractivity contribution < 1.29 is 4.79 Å². The Bertz CT molecular complexity index is 858. The zero-order chi connectivity index (χ0) is 17.6. The minimum absolute atomic E-state index is 0.159. The summed E-state index contributed by atoms with van der Waals surface area (Å²) in [6, 6.07) is 23.0. The molecule has 4 N–H and O–H groups in total. The molecule has 0 bridgehead atoms. The molecule has 0 aliphatic rings. The summed E-state index contributed by atoms with van der Waals surface area (Å²) in [5.41, 5.74) is 10.8. The van der Waals surface area contributed by atoms with Crippen LogP contribution in [0.5, 0.6) is 0 Å². The van der Waals surface area contributed by atoms with E-state index in [0.29, 0.717) is 17.8 Å². The average Bonchev–Trinajstić information content (AvgIpc) is 2.62. The van der Waals surface area contributed by atoms with Gasteiger partial charge in [-0.3, -0.25) is 4.79 Å². The summed E-state index contributed by atoms with van der Waals surface area (Å²) in [5.74, 6) is -0.159. The molecule has 0 spiro atoms. The Morgan fingerprint density at radius 1 is 0.920 bits per heavy atom. The molecule has 3 aromatic carbocycles. The van der Waals surface area contributed by atoms with Crippen molar-refractivity contribution in [3.8, 4) is 0 Å². The van der Waals surface area contributed by atoms with Crippen LogP contribution in [0.4, 0.5) is 17.1 Å². The van der Waals surface area contributed by atoms with Crippen LogP contribution in [0, 0.1) is 6.92 Å². The van der Waals surface area contributed by atoms with E-state index in [2.05, 4.69) is 22.8 Å². The lowest BCUT2D eigenvalue weighted by molar-refractivity contribution is 0.102. The Balaban J connectivity index is 1.76. The minimum Gasteiger partial charge on any atom is -0.399 e. The zero-order valence-corrected chi connectivity index (χ0v) is 14.1. The monoisotopic (exact) mass is 331 g/mol. The molecule has 0 unspecified atom stereocenters. The Morgan fingerprint density at radius 3 is 2.36 bits per heavy atom. The number of benzene rings is 3. The number of nitrogen functional groups attached to an aromatic ring is 1. The number of nitrogens with one attached hydrogen (secondary N) is 2. The third kappa shape index (κ3) is 4.38. The number of hydrogen-bond acceptors (Lipinski definition) is 3. The quantitative estimate of drug-likeness (QED) is 0.605. The van der Waals surface area contributed by atoms with E-state index < -0.39 is 0 Å². The van der Waals surface area contributed by atoms with Crippen LogP contribution in [0.15, 0.2) is 72.8 Å². The van der Waals surface area contributed by atoms with Crippen LogP contribution in [-0.4, -0.2) is 5.91 Å². The van der Waals surface area contributed by atoms with E-state index in [1.807, 2.05) is 43.3 Å². The zero-order valence-electron chi connectivity index (χ0n) is 14.1. The third-order valence-corrected chi connectivity index (χ3v) is 3.92. The molecule has 0 heterocycles. The number of carbonyl (C=O) groups is 1. The first-order chi connectivity index (χ1) is 12.1. The first kappa shape index (κ1) is 16.6. The maximum Gasteiger partial charge on any atom is 0.255 e. The molecule has 3 rings (SSSR count). The molecule has 25 heavy (non-hydrogen) atoms. The van der Waals surface area contributed by atoms with Crippen LogP contribution in [-0.2, 0) is 6.54 Å². The number of hydrogen-bond donors (Lipinski definition) is 3. The lowest BCUT2D eigenvalue weighted by Crippen LogP contribution is -2.14. The molecule has 0 fully saturated rings. The van der Waals surface area contributed by atoms with Gasteiger partial charge in [0.1, 0.15) is 0 Å². The molecule has 0 aliphatic carbocycles. The molecule has 0 aliphatic heterocycles. The molecule has 4 nitrogen and oxygen atoms in total. The Morgan fingerprint density at radius 2 is 1.64 bits per heavy atom. The SMILES string of the molecule is Cc1ccc(NCc2ccccc2)c(NC(=O)c2ccc(N)cc2)c1. The van der Waals surface area contributed by atoms with Crippen LogP contribution >= 0.6 is 0 Å². The molecule has 3 aromatic rings. The molecular formula is C21H21N3O. The number of carbonyl (C=O) groups excluding carboxylic acids is 1. The van der Waals surface area contributed by atoms with Crippen molar-refractivity contribution in [3.05, 3.63) is 89.5 Å². The fourth-order valence-corrected chi connectivity index (χ4v) is 2.54. The lowest BCUT2D eigenvalue weighted by Gasteiger charge is -2.14. The van der Waals surface area contributed by atoms with Crippen LogP contribution in [0.1, 0.15) is 21.5 Å². The van der Waals surface area contributed by atoms with E-state index in [9.17, 15) is 4.79 Å². The van der Waals surface area contributed by atoms with E-state index in [1.54, 1.807) is 24.3 Å². The molecule has 0 saturated heterocycles. The second-order valence-corrected chi connectivity index (χ2v) is 5.96. The van der Waals surface area contributed by atoms with Gasteiger partial charge in [0.2, 0.25) is 0 Å². The van der Waals surface area contributed by atoms with Gasteiger partial charge in [-0.05, 0) is 54.4 Å². The Labute approximate surface area is 147 Å². The summed E-state index contributed by atoms with van der Waals surface area (Å²) in [4.78, 5) is 12.5. The number of anilines is 3. The van der Waals surface area contributed by atoms with Crippen molar-refractivity contribution >= 4 is 23.0 Å². The van der Waals surface area contributed by atoms with Gasteiger partial charge in [0.05, 0.1) is 11.4 Å². The number of aryl methyl sites for hydroxylation is 1. The van der Waals surface area contributed by atoms with E-state index in [4.69, 9.17) is 5.73 Å². The van der Waals surface area contributed by atoms with Crippen LogP contribution in [0.25, 0.3) is 0 Å². The van der Waals surface area contributed by atoms with Gasteiger partial charge in [0, 0.05) is 17.8 Å². The fourth-order valence-electron chi connectivity index (χ4n) is 2.54. The predicted octanol–water partition coefficient (Wildman–Crippen LogP) is 4.44. The molecule has 0 atom stereocenters. The highest BCUT2D eigenvalue weighted by atomic mass is 16.1. The highest BCUT2D eigenvalue weighted by Gasteiger charge is 2.09. The van der Waals surface area contributed by atoms with Gasteiger partial charge < -0.3 is 16.4 Å². The maximum absolute atomic E-state index is 12.5. The van der Waals surface area contributed by atoms with Crippen molar-refractivity contribution in [1.82, 2.24) is 0 Å². The van der Waals surface area contributed by atoms with Crippen LogP contribution in [0.3, 0.4) is 0 Å². The molecule has 4 heteroatoms. The molecule has 0 aromatic heterocycles. The number of rotatable bonds is 5. The summed E-state index contributed by atoms with van der Waals surface area (Å²) >= 11 is 0. The molecule has 126 valence electrons. The normalized spacial score (nSPS) is 10.3. The standard InChI is InChI=1S/C21H21N3O/c1-15-7-12-19(23-14-16-5-3-2-4-6-16)20(13-15)24-21(25)17-8-10-18(22)11-9-17/h2-13,23H,14,22H2,1H3,(H,24,25). The largest absolute Gasteiger partial charge is 0.399 e. The summed E-state index contributed by atoms with van der Waals surface area (Å²) < 4.78 is 0. The molecular weight excluding hydrogens is 310 g/mol. The number of amides is 1.